The number of hydrogen-bond donors (Lipinski definition) is 1. The van der Waals surface area contributed by atoms with Crippen molar-refractivity contribution in [2.75, 3.05) is 33.4 Å². The fraction of sp³-hybridized carbons (Fsp3) is 0.409. The van der Waals surface area contributed by atoms with Crippen molar-refractivity contribution in [3.8, 4) is 5.75 Å². The van der Waals surface area contributed by atoms with E-state index in [0.29, 0.717) is 18.9 Å². The van der Waals surface area contributed by atoms with Crippen molar-refractivity contribution >= 4 is 6.09 Å². The predicted molar refractivity (Wildman–Crippen MR) is 107 cm³/mol. The molecule has 0 aliphatic heterocycles. The number of likely N-dealkylation sites (N-methyl/N-ethyl adjacent to an activating group) is 1. The van der Waals surface area contributed by atoms with Gasteiger partial charge >= 0.3 is 6.09 Å². The minimum atomic E-state index is -0.808. The summed E-state index contributed by atoms with van der Waals surface area (Å²) in [6.45, 7) is 3.41. The fourth-order valence-corrected chi connectivity index (χ4v) is 2.62. The quantitative estimate of drug-likeness (QED) is 0.641. The van der Waals surface area contributed by atoms with Crippen LogP contribution in [0.25, 0.3) is 0 Å². The van der Waals surface area contributed by atoms with Crippen LogP contribution >= 0.6 is 0 Å². The van der Waals surface area contributed by atoms with Crippen molar-refractivity contribution in [2.24, 2.45) is 0 Å². The van der Waals surface area contributed by atoms with Crippen molar-refractivity contribution in [3.63, 3.8) is 0 Å². The van der Waals surface area contributed by atoms with E-state index in [4.69, 9.17) is 14.2 Å². The third-order valence-electron chi connectivity index (χ3n) is 4.24. The van der Waals surface area contributed by atoms with Crippen molar-refractivity contribution in [3.05, 3.63) is 65.7 Å². The van der Waals surface area contributed by atoms with Gasteiger partial charge in [-0.15, -0.1) is 0 Å². The van der Waals surface area contributed by atoms with Crippen LogP contribution < -0.4 is 4.74 Å². The van der Waals surface area contributed by atoms with Crippen LogP contribution in [0.1, 0.15) is 18.1 Å². The summed E-state index contributed by atoms with van der Waals surface area (Å²) in [5.41, 5.74) is 2.08. The second-order valence-electron chi connectivity index (χ2n) is 6.43. The predicted octanol–water partition coefficient (Wildman–Crippen LogP) is 3.27. The summed E-state index contributed by atoms with van der Waals surface area (Å²) in [6, 6.07) is 17.2. The zero-order chi connectivity index (χ0) is 20.2. The summed E-state index contributed by atoms with van der Waals surface area (Å²) in [6.07, 6.45) is -0.416. The largest absolute Gasteiger partial charge is 0.491 e. The first-order chi connectivity index (χ1) is 13.6. The maximum atomic E-state index is 12.2. The smallest absolute Gasteiger partial charge is 0.410 e. The maximum Gasteiger partial charge on any atom is 0.410 e. The molecule has 0 aromatic heterocycles. The van der Waals surface area contributed by atoms with Crippen LogP contribution in [0.5, 0.6) is 5.75 Å². The van der Waals surface area contributed by atoms with Gasteiger partial charge in [0.25, 0.3) is 0 Å². The molecule has 0 aliphatic carbocycles. The summed E-state index contributed by atoms with van der Waals surface area (Å²) in [7, 11) is 1.68. The lowest BCUT2D eigenvalue weighted by atomic mass is 10.1. The van der Waals surface area contributed by atoms with Gasteiger partial charge in [0, 0.05) is 13.7 Å². The monoisotopic (exact) mass is 387 g/mol. The number of ether oxygens (including phenoxy) is 3. The average Bonchev–Trinajstić information content (AvgIpc) is 2.74. The van der Waals surface area contributed by atoms with Gasteiger partial charge in [0.05, 0.1) is 13.2 Å². The Morgan fingerprint density at radius 2 is 1.79 bits per heavy atom. The number of carbonyl (C=O) groups is 1. The highest BCUT2D eigenvalue weighted by atomic mass is 16.6. The Bertz CT molecular complexity index is 690. The Morgan fingerprint density at radius 3 is 2.43 bits per heavy atom. The number of carbonyl (C=O) groups excluding carboxylic acids is 1. The molecular weight excluding hydrogens is 358 g/mol. The third kappa shape index (κ3) is 7.58. The van der Waals surface area contributed by atoms with Gasteiger partial charge in [-0.05, 0) is 36.6 Å². The molecule has 1 atom stereocenters. The van der Waals surface area contributed by atoms with Crippen molar-refractivity contribution in [1.29, 1.82) is 0 Å². The van der Waals surface area contributed by atoms with Crippen molar-refractivity contribution in [1.82, 2.24) is 4.90 Å². The molecule has 2 rings (SSSR count). The summed E-state index contributed by atoms with van der Waals surface area (Å²) in [4.78, 5) is 13.7. The molecule has 0 spiro atoms. The summed E-state index contributed by atoms with van der Waals surface area (Å²) < 4.78 is 16.0. The minimum Gasteiger partial charge on any atom is -0.491 e. The van der Waals surface area contributed by atoms with Gasteiger partial charge in [0.1, 0.15) is 25.1 Å². The normalized spacial score (nSPS) is 11.7. The highest BCUT2D eigenvalue weighted by Gasteiger charge is 2.18. The zero-order valence-electron chi connectivity index (χ0n) is 16.5. The second-order valence-corrected chi connectivity index (χ2v) is 6.43. The first kappa shape index (κ1) is 21.7. The molecule has 6 heteroatoms. The number of benzene rings is 2. The molecule has 2 aromatic carbocycles. The molecule has 6 nitrogen and oxygen atoms in total. The SMILES string of the molecule is CCN(CC(O)COc1ccc(CCOC)cc1)C(=O)OCc1ccccc1. The molecule has 0 bridgehead atoms. The van der Waals surface area contributed by atoms with E-state index in [1.54, 1.807) is 7.11 Å². The van der Waals surface area contributed by atoms with Gasteiger partial charge in [-0.1, -0.05) is 42.5 Å². The number of hydrogen-bond acceptors (Lipinski definition) is 5. The molecule has 0 heterocycles. The maximum absolute atomic E-state index is 12.2. The van der Waals surface area contributed by atoms with E-state index < -0.39 is 12.2 Å². The number of aliphatic hydroxyl groups is 1. The molecule has 2 aromatic rings. The molecule has 0 saturated carbocycles. The lowest BCUT2D eigenvalue weighted by molar-refractivity contribution is 0.0516. The Hall–Kier alpha value is -2.57. The van der Waals surface area contributed by atoms with Crippen LogP contribution in [0.4, 0.5) is 4.79 Å². The molecule has 28 heavy (non-hydrogen) atoms. The summed E-state index contributed by atoms with van der Waals surface area (Å²) in [5, 5.41) is 10.2. The number of aliphatic hydroxyl groups excluding tert-OH is 1. The van der Waals surface area contributed by atoms with E-state index in [9.17, 15) is 9.90 Å². The molecule has 1 N–H and O–H groups in total. The number of methoxy groups -OCH3 is 1. The van der Waals surface area contributed by atoms with Crippen molar-refractivity contribution < 1.29 is 24.1 Å². The van der Waals surface area contributed by atoms with Gasteiger partial charge in [-0.25, -0.2) is 4.79 Å². The van der Waals surface area contributed by atoms with Crippen LogP contribution in [0, 0.1) is 0 Å². The number of rotatable bonds is 11. The number of nitrogens with zero attached hydrogens (tertiary/aromatic N) is 1. The van der Waals surface area contributed by atoms with Crippen LogP contribution in [0.2, 0.25) is 0 Å². The van der Waals surface area contributed by atoms with Gasteiger partial charge < -0.3 is 24.2 Å². The molecule has 0 saturated heterocycles. The van der Waals surface area contributed by atoms with Gasteiger partial charge in [0.15, 0.2) is 0 Å². The Labute approximate surface area is 166 Å². The molecule has 0 radical (unpaired) electrons. The highest BCUT2D eigenvalue weighted by molar-refractivity contribution is 5.67. The van der Waals surface area contributed by atoms with Gasteiger partial charge in [-0.3, -0.25) is 0 Å². The van der Waals surface area contributed by atoms with E-state index in [0.717, 1.165) is 17.5 Å². The second kappa shape index (κ2) is 12.0. The minimum absolute atomic E-state index is 0.0971. The summed E-state index contributed by atoms with van der Waals surface area (Å²) in [5.74, 6) is 0.676. The van der Waals surface area contributed by atoms with Crippen molar-refractivity contribution in [2.45, 2.75) is 26.1 Å². The van der Waals surface area contributed by atoms with E-state index >= 15 is 0 Å². The molecular formula is C22H29NO5. The topological polar surface area (TPSA) is 68.2 Å². The van der Waals surface area contributed by atoms with Crippen LogP contribution in [-0.4, -0.2) is 55.6 Å². The van der Waals surface area contributed by atoms with Crippen LogP contribution in [0.15, 0.2) is 54.6 Å². The van der Waals surface area contributed by atoms with E-state index in [2.05, 4.69) is 0 Å². The van der Waals surface area contributed by atoms with Gasteiger partial charge in [0.2, 0.25) is 0 Å². The third-order valence-corrected chi connectivity index (χ3v) is 4.24. The first-order valence-corrected chi connectivity index (χ1v) is 9.46. The lowest BCUT2D eigenvalue weighted by Crippen LogP contribution is -2.39. The Morgan fingerprint density at radius 1 is 1.07 bits per heavy atom. The lowest BCUT2D eigenvalue weighted by Gasteiger charge is -2.23. The molecule has 1 amide bonds. The van der Waals surface area contributed by atoms with Crippen LogP contribution in [0.3, 0.4) is 0 Å². The zero-order valence-corrected chi connectivity index (χ0v) is 16.5. The van der Waals surface area contributed by atoms with E-state index in [-0.39, 0.29) is 19.8 Å². The highest BCUT2D eigenvalue weighted by Crippen LogP contribution is 2.13. The van der Waals surface area contributed by atoms with Gasteiger partial charge in [-0.2, -0.15) is 0 Å². The Balaban J connectivity index is 1.74. The van der Waals surface area contributed by atoms with E-state index in [1.165, 1.54) is 4.90 Å². The Kier molecular flexibility index (Phi) is 9.31. The first-order valence-electron chi connectivity index (χ1n) is 9.46. The molecule has 152 valence electrons. The molecule has 0 aliphatic rings. The fourth-order valence-electron chi connectivity index (χ4n) is 2.62. The standard InChI is InChI=1S/C22H29NO5/c1-3-23(22(25)28-16-19-7-5-4-6-8-19)15-20(24)17-27-21-11-9-18(10-12-21)13-14-26-2/h4-12,20,24H,3,13-17H2,1-2H3. The molecule has 0 fully saturated rings. The van der Waals surface area contributed by atoms with E-state index in [1.807, 2.05) is 61.5 Å². The van der Waals surface area contributed by atoms with Crippen LogP contribution in [-0.2, 0) is 22.5 Å². The number of amides is 1. The summed E-state index contributed by atoms with van der Waals surface area (Å²) >= 11 is 0. The average molecular weight is 387 g/mol. The molecule has 1 unspecified atom stereocenters.